The van der Waals surface area contributed by atoms with Gasteiger partial charge in [-0.1, -0.05) is 19.3 Å². The van der Waals surface area contributed by atoms with E-state index in [9.17, 15) is 9.90 Å². The van der Waals surface area contributed by atoms with Crippen LogP contribution in [0.1, 0.15) is 44.9 Å². The number of carbonyl (C=O) groups is 1. The van der Waals surface area contributed by atoms with Gasteiger partial charge in [-0.05, 0) is 31.6 Å². The molecule has 0 aromatic heterocycles. The molecule has 0 spiro atoms. The number of hydrogen-bond donors (Lipinski definition) is 2. The highest BCUT2D eigenvalue weighted by Gasteiger charge is 2.27. The van der Waals surface area contributed by atoms with Gasteiger partial charge < -0.3 is 20.1 Å². The van der Waals surface area contributed by atoms with Crippen molar-refractivity contribution in [1.29, 1.82) is 0 Å². The van der Waals surface area contributed by atoms with Crippen molar-refractivity contribution in [2.75, 3.05) is 33.8 Å². The summed E-state index contributed by atoms with van der Waals surface area (Å²) in [5.41, 5.74) is 0. The summed E-state index contributed by atoms with van der Waals surface area (Å²) in [6.45, 7) is 2.13. The van der Waals surface area contributed by atoms with E-state index in [1.165, 1.54) is 26.4 Å². The number of aliphatic imine (C=N–C) groups is 1. The summed E-state index contributed by atoms with van der Waals surface area (Å²) in [4.78, 5) is 18.1. The van der Waals surface area contributed by atoms with Crippen LogP contribution in [0.4, 0.5) is 0 Å². The molecule has 0 bridgehead atoms. The first kappa shape index (κ1) is 21.5. The highest BCUT2D eigenvalue weighted by atomic mass is 127. The van der Waals surface area contributed by atoms with Gasteiger partial charge in [0, 0.05) is 26.7 Å². The molecule has 2 N–H and O–H groups in total. The molecule has 2 aliphatic rings. The van der Waals surface area contributed by atoms with Crippen molar-refractivity contribution in [2.24, 2.45) is 16.8 Å². The van der Waals surface area contributed by atoms with Crippen molar-refractivity contribution in [3.8, 4) is 0 Å². The maximum absolute atomic E-state index is 11.6. The number of esters is 1. The van der Waals surface area contributed by atoms with Gasteiger partial charge in [-0.25, -0.2) is 0 Å². The van der Waals surface area contributed by atoms with E-state index in [4.69, 9.17) is 4.74 Å². The summed E-state index contributed by atoms with van der Waals surface area (Å²) < 4.78 is 4.82. The Balaban J connectivity index is 0.00000288. The number of piperidine rings is 1. The number of halogens is 1. The molecule has 6 nitrogen and oxygen atoms in total. The molecule has 1 unspecified atom stereocenters. The molecule has 0 aromatic carbocycles. The Morgan fingerprint density at radius 2 is 1.88 bits per heavy atom. The maximum Gasteiger partial charge on any atom is 0.308 e. The smallest absolute Gasteiger partial charge is 0.308 e. The molecule has 2 fully saturated rings. The van der Waals surface area contributed by atoms with Crippen LogP contribution >= 0.6 is 24.0 Å². The number of nitrogens with zero attached hydrogens (tertiary/aromatic N) is 2. The first-order valence-corrected chi connectivity index (χ1v) is 8.87. The van der Waals surface area contributed by atoms with Crippen LogP contribution in [0.25, 0.3) is 0 Å². The van der Waals surface area contributed by atoms with Crippen molar-refractivity contribution < 1.29 is 14.6 Å². The molecule has 1 saturated heterocycles. The predicted molar refractivity (Wildman–Crippen MR) is 106 cm³/mol. The van der Waals surface area contributed by atoms with E-state index in [0.29, 0.717) is 12.5 Å². The molecule has 0 aromatic rings. The monoisotopic (exact) mass is 453 g/mol. The highest BCUT2D eigenvalue weighted by Crippen LogP contribution is 2.26. The van der Waals surface area contributed by atoms with Gasteiger partial charge in [0.1, 0.15) is 0 Å². The summed E-state index contributed by atoms with van der Waals surface area (Å²) in [6.07, 6.45) is 7.30. The standard InChI is InChI=1S/C17H31N3O3.HI/c1-18-17(19-12-15(21)13-6-4-3-5-7-13)20-10-8-14(9-11-20)16(22)23-2;/h13-15,21H,3-12H2,1-2H3,(H,18,19);1H. The maximum atomic E-state index is 11.6. The zero-order valence-corrected chi connectivity index (χ0v) is 17.2. The molecule has 140 valence electrons. The molecule has 7 heteroatoms. The number of aliphatic hydroxyl groups excluding tert-OH is 1. The minimum absolute atomic E-state index is 0. The van der Waals surface area contributed by atoms with E-state index in [1.807, 2.05) is 0 Å². The number of aliphatic hydroxyl groups is 1. The molecule has 1 aliphatic heterocycles. The van der Waals surface area contributed by atoms with Crippen LogP contribution in [0, 0.1) is 11.8 Å². The van der Waals surface area contributed by atoms with Crippen LogP contribution in [0.15, 0.2) is 4.99 Å². The first-order chi connectivity index (χ1) is 11.2. The van der Waals surface area contributed by atoms with Crippen molar-refractivity contribution in [3.05, 3.63) is 0 Å². The summed E-state index contributed by atoms with van der Waals surface area (Å²) in [7, 11) is 3.21. The average Bonchev–Trinajstić information content (AvgIpc) is 2.62. The zero-order chi connectivity index (χ0) is 16.7. The van der Waals surface area contributed by atoms with E-state index in [1.54, 1.807) is 7.05 Å². The Morgan fingerprint density at radius 1 is 1.25 bits per heavy atom. The minimum Gasteiger partial charge on any atom is -0.469 e. The number of hydrogen-bond acceptors (Lipinski definition) is 4. The molecule has 1 saturated carbocycles. The Morgan fingerprint density at radius 3 is 2.42 bits per heavy atom. The van der Waals surface area contributed by atoms with Gasteiger partial charge in [0.05, 0.1) is 19.1 Å². The SMILES string of the molecule is CN=C(NCC(O)C1CCCCC1)N1CCC(C(=O)OC)CC1.I. The fourth-order valence-corrected chi connectivity index (χ4v) is 3.71. The van der Waals surface area contributed by atoms with Gasteiger partial charge in [-0.3, -0.25) is 9.79 Å². The lowest BCUT2D eigenvalue weighted by Crippen LogP contribution is -2.49. The quantitative estimate of drug-likeness (QED) is 0.295. The number of carbonyl (C=O) groups excluding carboxylic acids is 1. The Labute approximate surface area is 162 Å². The first-order valence-electron chi connectivity index (χ1n) is 8.87. The van der Waals surface area contributed by atoms with Gasteiger partial charge >= 0.3 is 5.97 Å². The lowest BCUT2D eigenvalue weighted by Gasteiger charge is -2.34. The molecule has 2 rings (SSSR count). The second kappa shape index (κ2) is 11.1. The second-order valence-electron chi connectivity index (χ2n) is 6.68. The molecule has 1 aliphatic carbocycles. The molecular weight excluding hydrogens is 421 g/mol. The van der Waals surface area contributed by atoms with E-state index in [2.05, 4.69) is 15.2 Å². The Bertz CT molecular complexity index is 406. The third-order valence-corrected chi connectivity index (χ3v) is 5.20. The Kier molecular flexibility index (Phi) is 9.95. The highest BCUT2D eigenvalue weighted by molar-refractivity contribution is 14.0. The summed E-state index contributed by atoms with van der Waals surface area (Å²) in [5, 5.41) is 13.7. The number of rotatable bonds is 4. The second-order valence-corrected chi connectivity index (χ2v) is 6.68. The van der Waals surface area contributed by atoms with Crippen LogP contribution in [0.5, 0.6) is 0 Å². The number of guanidine groups is 1. The predicted octanol–water partition coefficient (Wildman–Crippen LogP) is 2.01. The molecular formula is C17H32IN3O3. The van der Waals surface area contributed by atoms with Crippen LogP contribution < -0.4 is 5.32 Å². The van der Waals surface area contributed by atoms with Gasteiger partial charge in [0.25, 0.3) is 0 Å². The largest absolute Gasteiger partial charge is 0.469 e. The van der Waals surface area contributed by atoms with Crippen molar-refractivity contribution >= 4 is 35.9 Å². The zero-order valence-electron chi connectivity index (χ0n) is 14.9. The average molecular weight is 453 g/mol. The molecule has 0 amide bonds. The third kappa shape index (κ3) is 6.06. The van der Waals surface area contributed by atoms with Crippen LogP contribution in [0.2, 0.25) is 0 Å². The Hall–Kier alpha value is -0.570. The van der Waals surface area contributed by atoms with E-state index >= 15 is 0 Å². The number of ether oxygens (including phenoxy) is 1. The number of methoxy groups -OCH3 is 1. The van der Waals surface area contributed by atoms with Gasteiger partial charge in [0.15, 0.2) is 5.96 Å². The molecule has 1 atom stereocenters. The molecule has 24 heavy (non-hydrogen) atoms. The van der Waals surface area contributed by atoms with Crippen molar-refractivity contribution in [3.63, 3.8) is 0 Å². The van der Waals surface area contributed by atoms with Crippen molar-refractivity contribution in [2.45, 2.75) is 51.0 Å². The van der Waals surface area contributed by atoms with Gasteiger partial charge in [-0.15, -0.1) is 24.0 Å². The summed E-state index contributed by atoms with van der Waals surface area (Å²) in [6, 6.07) is 0. The van der Waals surface area contributed by atoms with Gasteiger partial charge in [0.2, 0.25) is 0 Å². The van der Waals surface area contributed by atoms with E-state index in [0.717, 1.165) is 44.7 Å². The fraction of sp³-hybridized carbons (Fsp3) is 0.882. The summed E-state index contributed by atoms with van der Waals surface area (Å²) >= 11 is 0. The minimum atomic E-state index is -0.306. The number of nitrogens with one attached hydrogen (secondary N) is 1. The topological polar surface area (TPSA) is 74.2 Å². The van der Waals surface area contributed by atoms with Crippen LogP contribution in [-0.2, 0) is 9.53 Å². The number of likely N-dealkylation sites (tertiary alicyclic amines) is 1. The fourth-order valence-electron chi connectivity index (χ4n) is 3.71. The lowest BCUT2D eigenvalue weighted by atomic mass is 9.85. The van der Waals surface area contributed by atoms with Crippen LogP contribution in [0.3, 0.4) is 0 Å². The van der Waals surface area contributed by atoms with Crippen molar-refractivity contribution in [1.82, 2.24) is 10.2 Å². The van der Waals surface area contributed by atoms with Gasteiger partial charge in [-0.2, -0.15) is 0 Å². The molecule has 0 radical (unpaired) electrons. The van der Waals surface area contributed by atoms with Crippen LogP contribution in [-0.4, -0.2) is 61.8 Å². The lowest BCUT2D eigenvalue weighted by molar-refractivity contribution is -0.146. The normalized spacial score (nSPS) is 21.8. The van der Waals surface area contributed by atoms with E-state index in [-0.39, 0.29) is 42.0 Å². The summed E-state index contributed by atoms with van der Waals surface area (Å²) in [5.74, 6) is 1.13. The molecule has 1 heterocycles. The third-order valence-electron chi connectivity index (χ3n) is 5.20. The van der Waals surface area contributed by atoms with E-state index < -0.39 is 0 Å².